The largest absolute Gasteiger partial charge is 0.624 e. The third-order valence-electron chi connectivity index (χ3n) is 1.19. The molecule has 0 aromatic heterocycles. The fourth-order valence-electron chi connectivity index (χ4n) is 0.391. The Morgan fingerprint density at radius 1 is 1.30 bits per heavy atom. The summed E-state index contributed by atoms with van der Waals surface area (Å²) in [7, 11) is 3.80. The maximum absolute atomic E-state index is 4.19. The maximum Gasteiger partial charge on any atom is -0.0287 e. The molecule has 10 heavy (non-hydrogen) atoms. The average Bonchev–Trinajstić information content (AvgIpc) is 1.60. The van der Waals surface area contributed by atoms with E-state index in [-0.39, 0.29) is 5.41 Å². The highest BCUT2D eigenvalue weighted by Crippen LogP contribution is 2.27. The fraction of sp³-hybridized carbons (Fsp3) is 0.750. The van der Waals surface area contributed by atoms with E-state index in [1.165, 1.54) is 0 Å². The summed E-state index contributed by atoms with van der Waals surface area (Å²) in [6, 6.07) is 0. The summed E-state index contributed by atoms with van der Waals surface area (Å²) in [5.41, 5.74) is 5.19. The van der Waals surface area contributed by atoms with Gasteiger partial charge in [-0.3, -0.25) is 0 Å². The lowest BCUT2D eigenvalue weighted by Crippen LogP contribution is -2.14. The molecule has 0 saturated carbocycles. The van der Waals surface area contributed by atoms with Gasteiger partial charge in [0, 0.05) is 0 Å². The summed E-state index contributed by atoms with van der Waals surface area (Å²) >= 11 is 0. The van der Waals surface area contributed by atoms with Crippen molar-refractivity contribution < 1.29 is 0 Å². The molecule has 0 aromatic rings. The fourth-order valence-corrected chi connectivity index (χ4v) is 0.391. The van der Waals surface area contributed by atoms with E-state index in [2.05, 4.69) is 32.8 Å². The molecule has 0 saturated heterocycles. The van der Waals surface area contributed by atoms with E-state index < -0.39 is 0 Å². The van der Waals surface area contributed by atoms with Gasteiger partial charge in [0.15, 0.2) is 0 Å². The molecule has 60 valence electrons. The molecule has 0 heterocycles. The lowest BCUT2D eigenvalue weighted by atomic mass is 9.93. The molecule has 0 rings (SSSR count). The quantitative estimate of drug-likeness (QED) is 0.540. The SMILES string of the molecule is C=C([N-]N(C)C)C(C)(C)C. The van der Waals surface area contributed by atoms with Crippen molar-refractivity contribution in [2.75, 3.05) is 14.1 Å². The molecule has 0 unspecified atom stereocenters. The Balaban J connectivity index is 3.87. The monoisotopic (exact) mass is 141 g/mol. The molecule has 2 heteroatoms. The van der Waals surface area contributed by atoms with Crippen LogP contribution in [-0.2, 0) is 0 Å². The summed E-state index contributed by atoms with van der Waals surface area (Å²) in [5.74, 6) is 0. The van der Waals surface area contributed by atoms with Crippen molar-refractivity contribution in [1.29, 1.82) is 0 Å². The van der Waals surface area contributed by atoms with E-state index in [1.54, 1.807) is 5.01 Å². The normalized spacial score (nSPS) is 11.8. The van der Waals surface area contributed by atoms with Crippen LogP contribution in [0.4, 0.5) is 0 Å². The Labute approximate surface area is 63.9 Å². The van der Waals surface area contributed by atoms with Gasteiger partial charge in [-0.15, -0.1) is 6.58 Å². The molecule has 0 bridgehead atoms. The first-order valence-corrected chi connectivity index (χ1v) is 3.42. The smallest absolute Gasteiger partial charge is 0.0287 e. The van der Waals surface area contributed by atoms with Crippen molar-refractivity contribution >= 4 is 0 Å². The van der Waals surface area contributed by atoms with Gasteiger partial charge in [0.05, 0.1) is 0 Å². The van der Waals surface area contributed by atoms with Crippen LogP contribution in [0.15, 0.2) is 12.3 Å². The second-order valence-corrected chi connectivity index (χ2v) is 3.64. The zero-order valence-electron chi connectivity index (χ0n) is 7.60. The topological polar surface area (TPSA) is 17.3 Å². The first-order valence-electron chi connectivity index (χ1n) is 3.42. The lowest BCUT2D eigenvalue weighted by molar-refractivity contribution is 0.449. The summed E-state index contributed by atoms with van der Waals surface area (Å²) < 4.78 is 0. The second kappa shape index (κ2) is 3.06. The number of hydrogen-bond donors (Lipinski definition) is 0. The van der Waals surface area contributed by atoms with Gasteiger partial charge in [-0.1, -0.05) is 20.8 Å². The maximum atomic E-state index is 4.19. The first kappa shape index (κ1) is 9.50. The summed E-state index contributed by atoms with van der Waals surface area (Å²) in [4.78, 5) is 0. The Bertz CT molecular complexity index is 120. The standard InChI is InChI=1S/C8H17N2/c1-7(8(2,3)4)9-10(5)6/h1H2,2-6H3/q-1. The van der Waals surface area contributed by atoms with Crippen molar-refractivity contribution in [3.8, 4) is 0 Å². The van der Waals surface area contributed by atoms with E-state index in [0.717, 1.165) is 5.70 Å². The van der Waals surface area contributed by atoms with Crippen LogP contribution < -0.4 is 0 Å². The van der Waals surface area contributed by atoms with Gasteiger partial charge >= 0.3 is 0 Å². The van der Waals surface area contributed by atoms with Gasteiger partial charge in [0.25, 0.3) is 0 Å². The van der Waals surface area contributed by atoms with Crippen LogP contribution >= 0.6 is 0 Å². The van der Waals surface area contributed by atoms with E-state index in [9.17, 15) is 0 Å². The number of hydrogen-bond acceptors (Lipinski definition) is 1. The highest BCUT2D eigenvalue weighted by atomic mass is 15.5. The molecule has 0 N–H and O–H groups in total. The van der Waals surface area contributed by atoms with Crippen molar-refractivity contribution in [2.45, 2.75) is 20.8 Å². The van der Waals surface area contributed by atoms with Crippen molar-refractivity contribution in [1.82, 2.24) is 5.01 Å². The van der Waals surface area contributed by atoms with E-state index >= 15 is 0 Å². The van der Waals surface area contributed by atoms with Gasteiger partial charge in [0.2, 0.25) is 0 Å². The molecule has 0 aliphatic rings. The minimum atomic E-state index is 0.0876. The summed E-state index contributed by atoms with van der Waals surface area (Å²) in [5, 5.41) is 1.77. The van der Waals surface area contributed by atoms with Crippen LogP contribution in [-0.4, -0.2) is 19.1 Å². The van der Waals surface area contributed by atoms with E-state index in [4.69, 9.17) is 0 Å². The Kier molecular flexibility index (Phi) is 2.91. The van der Waals surface area contributed by atoms with Crippen LogP contribution in [0, 0.1) is 5.41 Å². The lowest BCUT2D eigenvalue weighted by Gasteiger charge is -2.39. The highest BCUT2D eigenvalue weighted by Gasteiger charge is 2.06. The molecule has 0 fully saturated rings. The van der Waals surface area contributed by atoms with E-state index in [1.807, 2.05) is 14.1 Å². The average molecular weight is 141 g/mol. The molecule has 0 spiro atoms. The molecular weight excluding hydrogens is 124 g/mol. The van der Waals surface area contributed by atoms with Crippen LogP contribution in [0.1, 0.15) is 20.8 Å². The molecule has 0 amide bonds. The molecule has 0 aliphatic heterocycles. The minimum absolute atomic E-state index is 0.0876. The molecule has 2 nitrogen and oxygen atoms in total. The van der Waals surface area contributed by atoms with Gasteiger partial charge in [-0.25, -0.2) is 0 Å². The molecular formula is C8H17N2-. The Morgan fingerprint density at radius 3 is 1.80 bits per heavy atom. The molecule has 0 radical (unpaired) electrons. The van der Waals surface area contributed by atoms with Crippen molar-refractivity contribution in [3.63, 3.8) is 0 Å². The Hall–Kier alpha value is -0.500. The van der Waals surface area contributed by atoms with Crippen LogP contribution in [0.25, 0.3) is 5.43 Å². The summed E-state index contributed by atoms with van der Waals surface area (Å²) in [6.07, 6.45) is 0. The van der Waals surface area contributed by atoms with Gasteiger partial charge in [0.1, 0.15) is 0 Å². The second-order valence-electron chi connectivity index (χ2n) is 3.64. The molecule has 0 atom stereocenters. The number of nitrogens with zero attached hydrogens (tertiary/aromatic N) is 2. The predicted octanol–water partition coefficient (Wildman–Crippen LogP) is 2.40. The van der Waals surface area contributed by atoms with Crippen LogP contribution in [0.2, 0.25) is 0 Å². The van der Waals surface area contributed by atoms with Crippen molar-refractivity contribution in [3.05, 3.63) is 17.7 Å². The highest BCUT2D eigenvalue weighted by molar-refractivity contribution is 5.16. The van der Waals surface area contributed by atoms with Gasteiger partial charge in [-0.2, -0.15) is 5.70 Å². The van der Waals surface area contributed by atoms with Crippen LogP contribution in [0.5, 0.6) is 0 Å². The zero-order valence-corrected chi connectivity index (χ0v) is 7.60. The Morgan fingerprint density at radius 2 is 1.70 bits per heavy atom. The van der Waals surface area contributed by atoms with E-state index in [0.29, 0.717) is 0 Å². The first-order chi connectivity index (χ1) is 4.34. The molecule has 0 aliphatic carbocycles. The van der Waals surface area contributed by atoms with Crippen LogP contribution in [0.3, 0.4) is 0 Å². The number of rotatable bonds is 2. The van der Waals surface area contributed by atoms with Crippen molar-refractivity contribution in [2.24, 2.45) is 5.41 Å². The summed E-state index contributed by atoms with van der Waals surface area (Å²) in [6.45, 7) is 10.2. The molecule has 0 aromatic carbocycles. The van der Waals surface area contributed by atoms with Gasteiger partial charge < -0.3 is 10.4 Å². The predicted molar refractivity (Wildman–Crippen MR) is 45.6 cm³/mol. The minimum Gasteiger partial charge on any atom is -0.624 e. The number of allylic oxidation sites excluding steroid dienone is 1. The van der Waals surface area contributed by atoms with Gasteiger partial charge in [-0.05, 0) is 19.5 Å². The third kappa shape index (κ3) is 3.51. The zero-order chi connectivity index (χ0) is 8.36. The third-order valence-corrected chi connectivity index (χ3v) is 1.19.